The van der Waals surface area contributed by atoms with Crippen molar-refractivity contribution in [1.82, 2.24) is 0 Å². The molecule has 2 heterocycles. The van der Waals surface area contributed by atoms with Gasteiger partial charge in [0.1, 0.15) is 0 Å². The first kappa shape index (κ1) is 21.4. The Morgan fingerprint density at radius 1 is 0.750 bits per heavy atom. The fourth-order valence-electron chi connectivity index (χ4n) is 3.98. The number of ether oxygens (including phenoxy) is 2. The third-order valence-corrected chi connectivity index (χ3v) is 5.50. The van der Waals surface area contributed by atoms with Crippen LogP contribution in [0.25, 0.3) is 21.9 Å². The summed E-state index contributed by atoms with van der Waals surface area (Å²) in [6.45, 7) is 3.22. The molecule has 0 saturated heterocycles. The molecular weight excluding hydrogens is 408 g/mol. The fourth-order valence-corrected chi connectivity index (χ4v) is 3.98. The minimum Gasteiger partial charge on any atom is -0.462 e. The van der Waals surface area contributed by atoms with E-state index in [1.807, 2.05) is 0 Å². The zero-order valence-corrected chi connectivity index (χ0v) is 17.9. The van der Waals surface area contributed by atoms with Gasteiger partial charge in [0, 0.05) is 16.7 Å². The molecular formula is C26H22O6. The highest BCUT2D eigenvalue weighted by molar-refractivity contribution is 6.18. The molecule has 0 aliphatic carbocycles. The Bertz CT molecular complexity index is 1270. The number of fused-ring (bicyclic) bond motifs is 8. The average molecular weight is 430 g/mol. The minimum atomic E-state index is -0.477. The molecule has 6 heteroatoms. The van der Waals surface area contributed by atoms with Crippen molar-refractivity contribution in [3.8, 4) is 11.1 Å². The molecule has 5 rings (SSSR count). The number of hydrogen-bond donors (Lipinski definition) is 0. The molecule has 0 amide bonds. The molecule has 3 aromatic rings. The summed E-state index contributed by atoms with van der Waals surface area (Å²) in [5.74, 6) is -1.48. The van der Waals surface area contributed by atoms with E-state index in [0.29, 0.717) is 45.9 Å². The largest absolute Gasteiger partial charge is 0.462 e. The lowest BCUT2D eigenvalue weighted by Crippen LogP contribution is -2.11. The van der Waals surface area contributed by atoms with E-state index in [4.69, 9.17) is 9.47 Å². The number of carbonyl (C=O) groups is 4. The first-order valence-electron chi connectivity index (χ1n) is 10.4. The highest BCUT2D eigenvalue weighted by Gasteiger charge is 2.22. The van der Waals surface area contributed by atoms with Crippen molar-refractivity contribution < 1.29 is 28.7 Å². The van der Waals surface area contributed by atoms with Crippen LogP contribution in [0.3, 0.4) is 0 Å². The van der Waals surface area contributed by atoms with Gasteiger partial charge < -0.3 is 9.47 Å². The highest BCUT2D eigenvalue weighted by atomic mass is 16.5. The van der Waals surface area contributed by atoms with Crippen molar-refractivity contribution in [1.29, 1.82) is 0 Å². The molecule has 2 aliphatic heterocycles. The van der Waals surface area contributed by atoms with Gasteiger partial charge in [0.15, 0.2) is 11.6 Å². The normalized spacial score (nSPS) is 14.3. The zero-order valence-electron chi connectivity index (χ0n) is 17.9. The Hall–Kier alpha value is -3.80. The van der Waals surface area contributed by atoms with Crippen LogP contribution in [0.1, 0.15) is 68.1 Å². The molecule has 0 radical (unpaired) electrons. The molecule has 3 aromatic carbocycles. The standard InChI is InChI=1S/C26H22O6/c1-15(27)22-14-20-13-19-8-9-21(20)24(23(22)16(2)28)17-6-5-7-18(12-17)25(29)31-10-3-4-11-32-26(19)30/h5-9,12-14H,3-4,10-11H2,1-2H3. The molecule has 0 saturated carbocycles. The molecule has 0 fully saturated rings. The number of carbonyl (C=O) groups excluding carboxylic acids is 4. The van der Waals surface area contributed by atoms with E-state index in [-0.39, 0.29) is 35.9 Å². The van der Waals surface area contributed by atoms with Crippen LogP contribution in [0.5, 0.6) is 0 Å². The molecule has 0 spiro atoms. The van der Waals surface area contributed by atoms with Crippen LogP contribution >= 0.6 is 0 Å². The lowest BCUT2D eigenvalue weighted by Gasteiger charge is -2.17. The van der Waals surface area contributed by atoms with Gasteiger partial charge in [0.05, 0.1) is 24.3 Å². The van der Waals surface area contributed by atoms with Gasteiger partial charge in [0.25, 0.3) is 0 Å². The number of benzene rings is 3. The Labute approximate surface area is 185 Å². The summed E-state index contributed by atoms with van der Waals surface area (Å²) < 4.78 is 10.7. The molecule has 6 nitrogen and oxygen atoms in total. The summed E-state index contributed by atoms with van der Waals surface area (Å²) in [4.78, 5) is 50.2. The second-order valence-corrected chi connectivity index (χ2v) is 7.78. The third kappa shape index (κ3) is 4.04. The van der Waals surface area contributed by atoms with Crippen molar-refractivity contribution in [3.63, 3.8) is 0 Å². The van der Waals surface area contributed by atoms with Gasteiger partial charge in [-0.05, 0) is 73.4 Å². The van der Waals surface area contributed by atoms with Crippen molar-refractivity contribution in [2.45, 2.75) is 26.7 Å². The van der Waals surface area contributed by atoms with Gasteiger partial charge >= 0.3 is 11.9 Å². The van der Waals surface area contributed by atoms with Gasteiger partial charge in [-0.25, -0.2) is 9.59 Å². The van der Waals surface area contributed by atoms with Crippen LogP contribution in [0.4, 0.5) is 0 Å². The predicted molar refractivity (Wildman–Crippen MR) is 119 cm³/mol. The maximum absolute atomic E-state index is 12.7. The maximum Gasteiger partial charge on any atom is 0.338 e. The highest BCUT2D eigenvalue weighted by Crippen LogP contribution is 2.36. The third-order valence-electron chi connectivity index (χ3n) is 5.50. The Morgan fingerprint density at radius 2 is 1.38 bits per heavy atom. The molecule has 32 heavy (non-hydrogen) atoms. The van der Waals surface area contributed by atoms with E-state index in [2.05, 4.69) is 0 Å². The first-order valence-corrected chi connectivity index (χ1v) is 10.4. The molecule has 162 valence electrons. The van der Waals surface area contributed by atoms with Crippen molar-refractivity contribution in [3.05, 3.63) is 70.8 Å². The van der Waals surface area contributed by atoms with Gasteiger partial charge in [-0.3, -0.25) is 9.59 Å². The van der Waals surface area contributed by atoms with E-state index in [9.17, 15) is 19.2 Å². The molecule has 0 atom stereocenters. The van der Waals surface area contributed by atoms with Crippen LogP contribution in [0, 0.1) is 0 Å². The van der Waals surface area contributed by atoms with Crippen LogP contribution < -0.4 is 0 Å². The summed E-state index contributed by atoms with van der Waals surface area (Å²) in [7, 11) is 0. The Kier molecular flexibility index (Phi) is 5.86. The van der Waals surface area contributed by atoms with Gasteiger partial charge in [-0.2, -0.15) is 0 Å². The lowest BCUT2D eigenvalue weighted by molar-refractivity contribution is 0.0432. The summed E-state index contributed by atoms with van der Waals surface area (Å²) in [6.07, 6.45) is 1.13. The summed E-state index contributed by atoms with van der Waals surface area (Å²) in [5.41, 5.74) is 2.42. The van der Waals surface area contributed by atoms with Crippen LogP contribution in [0.2, 0.25) is 0 Å². The zero-order chi connectivity index (χ0) is 22.8. The van der Waals surface area contributed by atoms with Crippen LogP contribution in [0.15, 0.2) is 48.5 Å². The van der Waals surface area contributed by atoms with E-state index in [1.165, 1.54) is 13.8 Å². The number of rotatable bonds is 2. The number of hydrogen-bond acceptors (Lipinski definition) is 6. The number of esters is 2. The fraction of sp³-hybridized carbons (Fsp3) is 0.231. The molecule has 0 unspecified atom stereocenters. The van der Waals surface area contributed by atoms with Gasteiger partial charge in [-0.15, -0.1) is 0 Å². The van der Waals surface area contributed by atoms with E-state index in [0.717, 1.165) is 0 Å². The summed E-state index contributed by atoms with van der Waals surface area (Å²) >= 11 is 0. The second kappa shape index (κ2) is 8.75. The minimum absolute atomic E-state index is 0.205. The SMILES string of the molecule is CC(=O)c1cc2cc3ccc2c(c1C(C)=O)-c1cccc(c1)C(=O)OCCCCOC3=O. The van der Waals surface area contributed by atoms with Gasteiger partial charge in [0.2, 0.25) is 0 Å². The lowest BCUT2D eigenvalue weighted by atomic mass is 9.86. The topological polar surface area (TPSA) is 86.7 Å². The average Bonchev–Trinajstić information content (AvgIpc) is 2.78. The second-order valence-electron chi connectivity index (χ2n) is 7.78. The molecule has 0 N–H and O–H groups in total. The van der Waals surface area contributed by atoms with Crippen LogP contribution in [-0.2, 0) is 9.47 Å². The quantitative estimate of drug-likeness (QED) is 0.419. The number of ketones is 2. The maximum atomic E-state index is 12.7. The number of Topliss-reactive ketones (excluding diaryl/α,β-unsaturated/α-hetero) is 2. The Balaban J connectivity index is 2.07. The van der Waals surface area contributed by atoms with E-state index >= 15 is 0 Å². The van der Waals surface area contributed by atoms with Crippen LogP contribution in [-0.4, -0.2) is 36.7 Å². The van der Waals surface area contributed by atoms with E-state index in [1.54, 1.807) is 48.5 Å². The summed E-state index contributed by atoms with van der Waals surface area (Å²) in [6, 6.07) is 13.5. The van der Waals surface area contributed by atoms with E-state index < -0.39 is 11.9 Å². The molecule has 6 bridgehead atoms. The smallest absolute Gasteiger partial charge is 0.338 e. The monoisotopic (exact) mass is 430 g/mol. The van der Waals surface area contributed by atoms with Crippen molar-refractivity contribution in [2.24, 2.45) is 0 Å². The molecule has 0 aromatic heterocycles. The Morgan fingerprint density at radius 3 is 2.00 bits per heavy atom. The summed E-state index contributed by atoms with van der Waals surface area (Å²) in [5, 5.41) is 1.32. The first-order chi connectivity index (χ1) is 15.4. The van der Waals surface area contributed by atoms with Crippen molar-refractivity contribution >= 4 is 34.3 Å². The van der Waals surface area contributed by atoms with Crippen molar-refractivity contribution in [2.75, 3.05) is 13.2 Å². The predicted octanol–water partition coefficient (Wildman–Crippen LogP) is 5.02. The van der Waals surface area contributed by atoms with Gasteiger partial charge in [-0.1, -0.05) is 18.2 Å². The molecule has 2 aliphatic rings.